The highest BCUT2D eigenvalue weighted by molar-refractivity contribution is 9.10. The lowest BCUT2D eigenvalue weighted by atomic mass is 10.2. The van der Waals surface area contributed by atoms with E-state index in [1.165, 1.54) is 22.5 Å². The number of rotatable bonds is 5. The minimum atomic E-state index is -3.43. The Kier molecular flexibility index (Phi) is 5.90. The zero-order valence-electron chi connectivity index (χ0n) is 14.1. The summed E-state index contributed by atoms with van der Waals surface area (Å²) in [7, 11) is -3.43. The second kappa shape index (κ2) is 8.16. The highest BCUT2D eigenvalue weighted by Crippen LogP contribution is 2.22. The smallest absolute Gasteiger partial charge is 0.248 e. The standard InChI is InChI=1S/C19H19BrN2O3S/c20-16-5-3-4-15(14-16)6-11-19(23)21-17-7-9-18(10-8-17)26(24,25)22-12-1-2-13-22/h3-11,14H,1-2,12-13H2,(H,21,23)/b11-6+. The predicted octanol–water partition coefficient (Wildman–Crippen LogP) is 3.89. The first kappa shape index (κ1) is 18.8. The van der Waals surface area contributed by atoms with Crippen LogP contribution in [0.3, 0.4) is 0 Å². The Morgan fingerprint density at radius 2 is 1.77 bits per heavy atom. The normalized spacial score (nSPS) is 15.4. The van der Waals surface area contributed by atoms with Crippen LogP contribution in [0.25, 0.3) is 6.08 Å². The first-order valence-corrected chi connectivity index (χ1v) is 10.5. The fourth-order valence-corrected chi connectivity index (χ4v) is 4.69. The molecule has 26 heavy (non-hydrogen) atoms. The van der Waals surface area contributed by atoms with E-state index in [1.807, 2.05) is 24.3 Å². The Morgan fingerprint density at radius 3 is 2.42 bits per heavy atom. The van der Waals surface area contributed by atoms with Crippen molar-refractivity contribution >= 4 is 43.6 Å². The van der Waals surface area contributed by atoms with Crippen molar-refractivity contribution in [2.45, 2.75) is 17.7 Å². The van der Waals surface area contributed by atoms with E-state index < -0.39 is 10.0 Å². The van der Waals surface area contributed by atoms with Gasteiger partial charge in [-0.05, 0) is 60.9 Å². The van der Waals surface area contributed by atoms with Crippen LogP contribution in [0.1, 0.15) is 18.4 Å². The van der Waals surface area contributed by atoms with Gasteiger partial charge in [-0.2, -0.15) is 4.31 Å². The zero-order chi connectivity index (χ0) is 18.6. The lowest BCUT2D eigenvalue weighted by Crippen LogP contribution is -2.27. The summed E-state index contributed by atoms with van der Waals surface area (Å²) in [5, 5.41) is 2.73. The molecule has 3 rings (SSSR count). The number of hydrogen-bond donors (Lipinski definition) is 1. The van der Waals surface area contributed by atoms with Crippen molar-refractivity contribution in [1.29, 1.82) is 0 Å². The van der Waals surface area contributed by atoms with Crippen LogP contribution in [0.5, 0.6) is 0 Å². The lowest BCUT2D eigenvalue weighted by molar-refractivity contribution is -0.111. The lowest BCUT2D eigenvalue weighted by Gasteiger charge is -2.15. The molecule has 1 N–H and O–H groups in total. The summed E-state index contributed by atoms with van der Waals surface area (Å²) in [6.45, 7) is 1.14. The van der Waals surface area contributed by atoms with Crippen molar-refractivity contribution in [3.05, 3.63) is 64.6 Å². The van der Waals surface area contributed by atoms with Crippen LogP contribution in [0.15, 0.2) is 64.0 Å². The van der Waals surface area contributed by atoms with Crippen LogP contribution in [-0.2, 0) is 14.8 Å². The van der Waals surface area contributed by atoms with Gasteiger partial charge < -0.3 is 5.32 Å². The van der Waals surface area contributed by atoms with E-state index in [0.717, 1.165) is 22.9 Å². The van der Waals surface area contributed by atoms with Gasteiger partial charge in [0.2, 0.25) is 15.9 Å². The van der Waals surface area contributed by atoms with Gasteiger partial charge in [-0.15, -0.1) is 0 Å². The third-order valence-corrected chi connectivity index (χ3v) is 6.51. The highest BCUT2D eigenvalue weighted by Gasteiger charge is 2.26. The fraction of sp³-hybridized carbons (Fsp3) is 0.211. The molecule has 0 saturated carbocycles. The summed E-state index contributed by atoms with van der Waals surface area (Å²) < 4.78 is 27.4. The third kappa shape index (κ3) is 4.60. The summed E-state index contributed by atoms with van der Waals surface area (Å²) >= 11 is 3.38. The number of carbonyl (C=O) groups excluding carboxylic acids is 1. The minimum Gasteiger partial charge on any atom is -0.323 e. The van der Waals surface area contributed by atoms with Gasteiger partial charge in [-0.25, -0.2) is 8.42 Å². The molecule has 0 spiro atoms. The van der Waals surface area contributed by atoms with Gasteiger partial charge in [0.05, 0.1) is 4.90 Å². The van der Waals surface area contributed by atoms with E-state index in [-0.39, 0.29) is 10.8 Å². The molecule has 0 radical (unpaired) electrons. The molecule has 1 amide bonds. The van der Waals surface area contributed by atoms with Crippen LogP contribution in [0.2, 0.25) is 0 Å². The summed E-state index contributed by atoms with van der Waals surface area (Å²) in [6, 6.07) is 13.9. The topological polar surface area (TPSA) is 66.5 Å². The Morgan fingerprint density at radius 1 is 1.08 bits per heavy atom. The molecule has 0 unspecified atom stereocenters. The molecule has 7 heteroatoms. The Balaban J connectivity index is 1.64. The molecule has 0 aromatic heterocycles. The van der Waals surface area contributed by atoms with E-state index in [9.17, 15) is 13.2 Å². The van der Waals surface area contributed by atoms with Crippen molar-refractivity contribution in [3.8, 4) is 0 Å². The molecule has 0 atom stereocenters. The van der Waals surface area contributed by atoms with E-state index in [0.29, 0.717) is 18.8 Å². The van der Waals surface area contributed by atoms with Gasteiger partial charge >= 0.3 is 0 Å². The number of amides is 1. The summed E-state index contributed by atoms with van der Waals surface area (Å²) in [5.74, 6) is -0.278. The van der Waals surface area contributed by atoms with Crippen molar-refractivity contribution < 1.29 is 13.2 Å². The molecule has 1 heterocycles. The molecule has 1 saturated heterocycles. The molecular weight excluding hydrogens is 416 g/mol. The number of carbonyl (C=O) groups is 1. The van der Waals surface area contributed by atoms with Gasteiger partial charge in [0, 0.05) is 29.3 Å². The molecule has 2 aromatic rings. The molecule has 1 aliphatic rings. The molecule has 2 aromatic carbocycles. The fourth-order valence-electron chi connectivity index (χ4n) is 2.75. The first-order chi connectivity index (χ1) is 12.4. The Hall–Kier alpha value is -1.96. The highest BCUT2D eigenvalue weighted by atomic mass is 79.9. The Bertz CT molecular complexity index is 918. The summed E-state index contributed by atoms with van der Waals surface area (Å²) in [5.41, 5.74) is 1.45. The van der Waals surface area contributed by atoms with E-state index in [1.54, 1.807) is 18.2 Å². The second-order valence-electron chi connectivity index (χ2n) is 6.01. The average molecular weight is 435 g/mol. The van der Waals surface area contributed by atoms with E-state index >= 15 is 0 Å². The number of hydrogen-bond acceptors (Lipinski definition) is 3. The van der Waals surface area contributed by atoms with Gasteiger partial charge in [0.25, 0.3) is 0 Å². The van der Waals surface area contributed by atoms with Gasteiger partial charge in [0.1, 0.15) is 0 Å². The van der Waals surface area contributed by atoms with E-state index in [4.69, 9.17) is 0 Å². The van der Waals surface area contributed by atoms with Crippen LogP contribution < -0.4 is 5.32 Å². The molecule has 5 nitrogen and oxygen atoms in total. The zero-order valence-corrected chi connectivity index (χ0v) is 16.5. The van der Waals surface area contributed by atoms with Gasteiger partial charge in [-0.1, -0.05) is 28.1 Å². The van der Waals surface area contributed by atoms with Crippen LogP contribution in [0.4, 0.5) is 5.69 Å². The quantitative estimate of drug-likeness (QED) is 0.725. The van der Waals surface area contributed by atoms with Gasteiger partial charge in [0.15, 0.2) is 0 Å². The van der Waals surface area contributed by atoms with Gasteiger partial charge in [-0.3, -0.25) is 4.79 Å². The maximum Gasteiger partial charge on any atom is 0.248 e. The maximum absolute atomic E-state index is 12.5. The third-order valence-electron chi connectivity index (χ3n) is 4.10. The molecule has 1 aliphatic heterocycles. The van der Waals surface area contributed by atoms with Crippen molar-refractivity contribution in [3.63, 3.8) is 0 Å². The number of halogens is 1. The molecular formula is C19H19BrN2O3S. The second-order valence-corrected chi connectivity index (χ2v) is 8.87. The van der Waals surface area contributed by atoms with Crippen LogP contribution in [0, 0.1) is 0 Å². The summed E-state index contributed by atoms with van der Waals surface area (Å²) in [4.78, 5) is 12.3. The molecule has 1 fully saturated rings. The summed E-state index contributed by atoms with van der Waals surface area (Å²) in [6.07, 6.45) is 4.96. The van der Waals surface area contributed by atoms with Crippen LogP contribution in [-0.4, -0.2) is 31.7 Å². The van der Waals surface area contributed by atoms with Crippen LogP contribution >= 0.6 is 15.9 Å². The molecule has 0 bridgehead atoms. The number of sulfonamides is 1. The number of nitrogens with zero attached hydrogens (tertiary/aromatic N) is 1. The molecule has 136 valence electrons. The van der Waals surface area contributed by atoms with Crippen molar-refractivity contribution in [2.75, 3.05) is 18.4 Å². The first-order valence-electron chi connectivity index (χ1n) is 8.30. The van der Waals surface area contributed by atoms with E-state index in [2.05, 4.69) is 21.2 Å². The van der Waals surface area contributed by atoms with Crippen molar-refractivity contribution in [2.24, 2.45) is 0 Å². The minimum absolute atomic E-state index is 0.252. The number of benzene rings is 2. The Labute approximate surface area is 161 Å². The molecule has 0 aliphatic carbocycles. The monoisotopic (exact) mass is 434 g/mol. The maximum atomic E-state index is 12.5. The number of nitrogens with one attached hydrogen (secondary N) is 1. The van der Waals surface area contributed by atoms with Crippen molar-refractivity contribution in [1.82, 2.24) is 4.31 Å². The average Bonchev–Trinajstić information content (AvgIpc) is 3.16. The predicted molar refractivity (Wildman–Crippen MR) is 106 cm³/mol. The largest absolute Gasteiger partial charge is 0.323 e. The number of anilines is 1. The SMILES string of the molecule is O=C(/C=C/c1cccc(Br)c1)Nc1ccc(S(=O)(=O)N2CCCC2)cc1.